The molecule has 1 aromatic rings. The molecule has 1 aliphatic heterocycles. The van der Waals surface area contributed by atoms with Crippen LogP contribution in [0.1, 0.15) is 43.7 Å². The Kier molecular flexibility index (Phi) is 6.08. The Labute approximate surface area is 145 Å². The minimum atomic E-state index is -4.45. The number of carbonyl (C=O) groups is 2. The van der Waals surface area contributed by atoms with E-state index in [1.165, 1.54) is 19.1 Å². The molecule has 2 amide bonds. The topological polar surface area (TPSA) is 49.4 Å². The summed E-state index contributed by atoms with van der Waals surface area (Å²) in [6, 6.07) is 3.79. The lowest BCUT2D eigenvalue weighted by atomic mass is 9.95. The molecule has 7 heteroatoms. The van der Waals surface area contributed by atoms with E-state index in [9.17, 15) is 22.8 Å². The van der Waals surface area contributed by atoms with Crippen molar-refractivity contribution in [3.05, 3.63) is 29.3 Å². The van der Waals surface area contributed by atoms with Crippen molar-refractivity contribution in [3.8, 4) is 0 Å². The summed E-state index contributed by atoms with van der Waals surface area (Å²) in [5, 5.41) is 2.58. The summed E-state index contributed by atoms with van der Waals surface area (Å²) in [5.74, 6) is -0.490. The monoisotopic (exact) mass is 356 g/mol. The van der Waals surface area contributed by atoms with Gasteiger partial charge in [-0.15, -0.1) is 0 Å². The van der Waals surface area contributed by atoms with Gasteiger partial charge in [0.1, 0.15) is 0 Å². The Morgan fingerprint density at radius 2 is 1.88 bits per heavy atom. The number of anilines is 1. The molecule has 0 aromatic heterocycles. The normalized spacial score (nSPS) is 16.0. The third-order valence-corrected chi connectivity index (χ3v) is 4.49. The Bertz CT molecular complexity index is 636. The summed E-state index contributed by atoms with van der Waals surface area (Å²) >= 11 is 0. The van der Waals surface area contributed by atoms with Gasteiger partial charge in [-0.05, 0) is 43.9 Å². The lowest BCUT2D eigenvalue weighted by Crippen LogP contribution is -2.41. The third kappa shape index (κ3) is 4.96. The van der Waals surface area contributed by atoms with Crippen LogP contribution in [-0.2, 0) is 15.8 Å². The molecule has 0 atom stereocenters. The first-order valence-electron chi connectivity index (χ1n) is 8.49. The standard InChI is InChI=1S/C18H23F3N2O2/c1-3-4-16(24)23-9-7-13(8-10-23)17(25)22-14-6-5-12(2)15(11-14)18(19,20)21/h5-6,11,13H,3-4,7-10H2,1-2H3,(H,22,25). The van der Waals surface area contributed by atoms with Crippen LogP contribution in [0.5, 0.6) is 0 Å². The third-order valence-electron chi connectivity index (χ3n) is 4.49. The van der Waals surface area contributed by atoms with Crippen LogP contribution in [0, 0.1) is 12.8 Å². The highest BCUT2D eigenvalue weighted by Gasteiger charge is 2.33. The molecule has 0 radical (unpaired) electrons. The lowest BCUT2D eigenvalue weighted by molar-refractivity contribution is -0.138. The van der Waals surface area contributed by atoms with Crippen LogP contribution >= 0.6 is 0 Å². The van der Waals surface area contributed by atoms with Gasteiger partial charge in [0.25, 0.3) is 0 Å². The first-order chi connectivity index (χ1) is 11.7. The molecule has 25 heavy (non-hydrogen) atoms. The van der Waals surface area contributed by atoms with E-state index in [0.29, 0.717) is 32.4 Å². The number of amides is 2. The number of hydrogen-bond acceptors (Lipinski definition) is 2. The second kappa shape index (κ2) is 7.89. The van der Waals surface area contributed by atoms with Gasteiger partial charge in [-0.3, -0.25) is 9.59 Å². The highest BCUT2D eigenvalue weighted by molar-refractivity contribution is 5.93. The number of nitrogens with one attached hydrogen (secondary N) is 1. The predicted octanol–water partition coefficient (Wildman–Crippen LogP) is 3.99. The van der Waals surface area contributed by atoms with E-state index in [-0.39, 0.29) is 29.0 Å². The van der Waals surface area contributed by atoms with E-state index in [2.05, 4.69) is 5.32 Å². The minimum Gasteiger partial charge on any atom is -0.343 e. The second-order valence-electron chi connectivity index (χ2n) is 6.42. The van der Waals surface area contributed by atoms with Crippen LogP contribution in [-0.4, -0.2) is 29.8 Å². The molecule has 1 aliphatic rings. The predicted molar refractivity (Wildman–Crippen MR) is 89.0 cm³/mol. The van der Waals surface area contributed by atoms with Crippen molar-refractivity contribution in [2.45, 2.75) is 45.7 Å². The lowest BCUT2D eigenvalue weighted by Gasteiger charge is -2.31. The zero-order valence-corrected chi connectivity index (χ0v) is 14.4. The molecule has 138 valence electrons. The Hall–Kier alpha value is -2.05. The van der Waals surface area contributed by atoms with E-state index in [0.717, 1.165) is 12.5 Å². The average Bonchev–Trinajstić information content (AvgIpc) is 2.56. The summed E-state index contributed by atoms with van der Waals surface area (Å²) in [7, 11) is 0. The Morgan fingerprint density at radius 1 is 1.24 bits per heavy atom. The van der Waals surface area contributed by atoms with Gasteiger partial charge in [-0.1, -0.05) is 13.0 Å². The largest absolute Gasteiger partial charge is 0.416 e. The summed E-state index contributed by atoms with van der Waals surface area (Å²) in [6.07, 6.45) is -2.11. The minimum absolute atomic E-state index is 0.0923. The maximum absolute atomic E-state index is 13.0. The number of halogens is 3. The number of aryl methyl sites for hydroxylation is 1. The van der Waals surface area contributed by atoms with Crippen molar-refractivity contribution in [1.82, 2.24) is 4.90 Å². The fourth-order valence-electron chi connectivity index (χ4n) is 3.01. The molecule has 0 spiro atoms. The van der Waals surface area contributed by atoms with Crippen molar-refractivity contribution < 1.29 is 22.8 Å². The van der Waals surface area contributed by atoms with E-state index in [4.69, 9.17) is 0 Å². The Balaban J connectivity index is 1.96. The summed E-state index contributed by atoms with van der Waals surface area (Å²) in [5.41, 5.74) is -0.481. The summed E-state index contributed by atoms with van der Waals surface area (Å²) < 4.78 is 38.9. The number of nitrogens with zero attached hydrogens (tertiary/aromatic N) is 1. The average molecular weight is 356 g/mol. The van der Waals surface area contributed by atoms with Crippen LogP contribution < -0.4 is 5.32 Å². The van der Waals surface area contributed by atoms with Gasteiger partial charge in [0.2, 0.25) is 11.8 Å². The molecule has 0 bridgehead atoms. The molecule has 1 fully saturated rings. The van der Waals surface area contributed by atoms with Gasteiger partial charge >= 0.3 is 6.18 Å². The highest BCUT2D eigenvalue weighted by atomic mass is 19.4. The number of hydrogen-bond donors (Lipinski definition) is 1. The molecule has 1 aromatic carbocycles. The van der Waals surface area contributed by atoms with Crippen molar-refractivity contribution in [3.63, 3.8) is 0 Å². The molecule has 1 saturated heterocycles. The SMILES string of the molecule is CCCC(=O)N1CCC(C(=O)Nc2ccc(C)c(C(F)(F)F)c2)CC1. The zero-order valence-electron chi connectivity index (χ0n) is 14.4. The zero-order chi connectivity index (χ0) is 18.6. The fraction of sp³-hybridized carbons (Fsp3) is 0.556. The van der Waals surface area contributed by atoms with Gasteiger partial charge in [-0.2, -0.15) is 13.2 Å². The van der Waals surface area contributed by atoms with Gasteiger partial charge in [0.15, 0.2) is 0 Å². The van der Waals surface area contributed by atoms with E-state index >= 15 is 0 Å². The number of benzene rings is 1. The summed E-state index contributed by atoms with van der Waals surface area (Å²) in [4.78, 5) is 25.9. The molecular weight excluding hydrogens is 333 g/mol. The van der Waals surface area contributed by atoms with Gasteiger partial charge in [-0.25, -0.2) is 0 Å². The quantitative estimate of drug-likeness (QED) is 0.887. The molecule has 2 rings (SSSR count). The fourth-order valence-corrected chi connectivity index (χ4v) is 3.01. The number of alkyl halides is 3. The first kappa shape index (κ1) is 19.3. The van der Waals surface area contributed by atoms with Crippen molar-refractivity contribution >= 4 is 17.5 Å². The van der Waals surface area contributed by atoms with Crippen LogP contribution in [0.2, 0.25) is 0 Å². The molecule has 0 saturated carbocycles. The molecule has 1 heterocycles. The summed E-state index contributed by atoms with van der Waals surface area (Å²) in [6.45, 7) is 4.35. The van der Waals surface area contributed by atoms with Crippen molar-refractivity contribution in [1.29, 1.82) is 0 Å². The van der Waals surface area contributed by atoms with Gasteiger partial charge < -0.3 is 10.2 Å². The molecule has 0 aliphatic carbocycles. The highest BCUT2D eigenvalue weighted by Crippen LogP contribution is 2.33. The number of carbonyl (C=O) groups excluding carboxylic acids is 2. The van der Waals surface area contributed by atoms with Crippen LogP contribution in [0.15, 0.2) is 18.2 Å². The molecule has 1 N–H and O–H groups in total. The van der Waals surface area contributed by atoms with Crippen LogP contribution in [0.3, 0.4) is 0 Å². The number of piperidine rings is 1. The first-order valence-corrected chi connectivity index (χ1v) is 8.49. The van der Waals surface area contributed by atoms with E-state index in [1.807, 2.05) is 6.92 Å². The van der Waals surface area contributed by atoms with Crippen LogP contribution in [0.25, 0.3) is 0 Å². The smallest absolute Gasteiger partial charge is 0.343 e. The maximum atomic E-state index is 13.0. The Morgan fingerprint density at radius 3 is 2.44 bits per heavy atom. The van der Waals surface area contributed by atoms with E-state index < -0.39 is 11.7 Å². The maximum Gasteiger partial charge on any atom is 0.416 e. The van der Waals surface area contributed by atoms with Gasteiger partial charge in [0.05, 0.1) is 5.56 Å². The van der Waals surface area contributed by atoms with Crippen LogP contribution in [0.4, 0.5) is 18.9 Å². The van der Waals surface area contributed by atoms with Crippen molar-refractivity contribution in [2.24, 2.45) is 5.92 Å². The molecule has 4 nitrogen and oxygen atoms in total. The number of rotatable bonds is 4. The van der Waals surface area contributed by atoms with Gasteiger partial charge in [0, 0.05) is 31.1 Å². The second-order valence-corrected chi connectivity index (χ2v) is 6.42. The molecule has 0 unspecified atom stereocenters. The van der Waals surface area contributed by atoms with Crippen molar-refractivity contribution in [2.75, 3.05) is 18.4 Å². The molecular formula is C18H23F3N2O2. The van der Waals surface area contributed by atoms with E-state index in [1.54, 1.807) is 4.90 Å². The number of likely N-dealkylation sites (tertiary alicyclic amines) is 1.